The number of anilines is 1. The Morgan fingerprint density at radius 2 is 1.74 bits per heavy atom. The zero-order valence-corrected chi connectivity index (χ0v) is 20.5. The largest absolute Gasteiger partial charge is 0.497 e. The highest BCUT2D eigenvalue weighted by atomic mass is 16.5. The lowest BCUT2D eigenvalue weighted by molar-refractivity contribution is -0.117. The van der Waals surface area contributed by atoms with Gasteiger partial charge in [0.25, 0.3) is 0 Å². The van der Waals surface area contributed by atoms with Crippen LogP contribution in [0, 0.1) is 13.8 Å². The number of hydrogen-bond acceptors (Lipinski definition) is 4. The van der Waals surface area contributed by atoms with E-state index in [2.05, 4.69) is 30.5 Å². The van der Waals surface area contributed by atoms with Gasteiger partial charge >= 0.3 is 0 Å². The molecule has 0 bridgehead atoms. The Morgan fingerprint density at radius 3 is 2.54 bits per heavy atom. The highest BCUT2D eigenvalue weighted by Gasteiger charge is 2.35. The van der Waals surface area contributed by atoms with Crippen LogP contribution in [0.2, 0.25) is 0 Å². The molecule has 0 spiro atoms. The monoisotopic (exact) mass is 469 g/mol. The molecule has 0 aliphatic carbocycles. The Bertz CT molecular complexity index is 1340. The van der Waals surface area contributed by atoms with E-state index in [-0.39, 0.29) is 11.8 Å². The van der Waals surface area contributed by atoms with E-state index in [0.29, 0.717) is 19.6 Å². The van der Waals surface area contributed by atoms with Crippen LogP contribution in [0.1, 0.15) is 35.7 Å². The summed E-state index contributed by atoms with van der Waals surface area (Å²) in [7, 11) is 1.65. The van der Waals surface area contributed by atoms with Gasteiger partial charge in [-0.1, -0.05) is 24.3 Å². The van der Waals surface area contributed by atoms with Crippen molar-refractivity contribution in [2.45, 2.75) is 39.2 Å². The van der Waals surface area contributed by atoms with Crippen LogP contribution in [0.4, 0.5) is 5.69 Å². The number of aromatic nitrogens is 2. The van der Waals surface area contributed by atoms with Crippen LogP contribution in [0.25, 0.3) is 11.0 Å². The van der Waals surface area contributed by atoms with Crippen LogP contribution < -0.4 is 14.4 Å². The lowest BCUT2D eigenvalue weighted by Crippen LogP contribution is -2.25. The maximum absolute atomic E-state index is 13.1. The number of carbonyl (C=O) groups excluding carboxylic acids is 1. The molecule has 1 aliphatic heterocycles. The molecule has 6 nitrogen and oxygen atoms in total. The van der Waals surface area contributed by atoms with E-state index in [1.165, 1.54) is 5.56 Å². The second-order valence-corrected chi connectivity index (χ2v) is 9.11. The minimum absolute atomic E-state index is 0.0531. The molecule has 6 heteroatoms. The molecular formula is C29H31N3O3. The Labute approximate surface area is 206 Å². The van der Waals surface area contributed by atoms with Crippen molar-refractivity contribution in [3.63, 3.8) is 0 Å². The number of para-hydroxylation sites is 2. The standard InChI is InChI=1S/C29H31N3O3/c1-20-8-6-11-26(21(20)2)32-19-22(18-28(32)33)29-30-25-9-4-5-10-27(25)31(29)16-7-17-35-24-14-12-23(34-3)13-15-24/h4-6,8-15,22H,7,16-19H2,1-3H3. The van der Waals surface area contributed by atoms with Gasteiger partial charge in [0, 0.05) is 31.1 Å². The zero-order chi connectivity index (χ0) is 24.4. The van der Waals surface area contributed by atoms with Gasteiger partial charge in [-0.15, -0.1) is 0 Å². The second kappa shape index (κ2) is 9.82. The Kier molecular flexibility index (Phi) is 6.45. The number of methoxy groups -OCH3 is 1. The molecule has 2 heterocycles. The van der Waals surface area contributed by atoms with Crippen molar-refractivity contribution in [1.29, 1.82) is 0 Å². The van der Waals surface area contributed by atoms with Gasteiger partial charge in [0.05, 0.1) is 24.8 Å². The van der Waals surface area contributed by atoms with Crippen molar-refractivity contribution in [2.24, 2.45) is 0 Å². The van der Waals surface area contributed by atoms with Crippen LogP contribution >= 0.6 is 0 Å². The summed E-state index contributed by atoms with van der Waals surface area (Å²) in [6.45, 7) is 6.19. The molecule has 1 fully saturated rings. The summed E-state index contributed by atoms with van der Waals surface area (Å²) in [5, 5.41) is 0. The topological polar surface area (TPSA) is 56.6 Å². The first kappa shape index (κ1) is 23.0. The SMILES string of the molecule is COc1ccc(OCCCn2c(C3CC(=O)N(c4cccc(C)c4C)C3)nc3ccccc32)cc1. The van der Waals surface area contributed by atoms with Crippen LogP contribution in [0.3, 0.4) is 0 Å². The van der Waals surface area contributed by atoms with Crippen molar-refractivity contribution >= 4 is 22.6 Å². The zero-order valence-electron chi connectivity index (χ0n) is 20.5. The quantitative estimate of drug-likeness (QED) is 0.313. The van der Waals surface area contributed by atoms with E-state index in [1.54, 1.807) is 7.11 Å². The number of imidazole rings is 1. The molecule has 1 atom stereocenters. The molecule has 1 aliphatic rings. The van der Waals surface area contributed by atoms with Gasteiger partial charge in [-0.2, -0.15) is 0 Å². The normalized spacial score (nSPS) is 15.7. The summed E-state index contributed by atoms with van der Waals surface area (Å²) in [6, 6.07) is 22.0. The van der Waals surface area contributed by atoms with E-state index >= 15 is 0 Å². The lowest BCUT2D eigenvalue weighted by Gasteiger charge is -2.20. The first-order chi connectivity index (χ1) is 17.0. The third kappa shape index (κ3) is 4.61. The molecule has 35 heavy (non-hydrogen) atoms. The molecule has 1 aromatic heterocycles. The lowest BCUT2D eigenvalue weighted by atomic mass is 10.1. The van der Waals surface area contributed by atoms with E-state index in [9.17, 15) is 4.79 Å². The highest BCUT2D eigenvalue weighted by molar-refractivity contribution is 5.97. The average molecular weight is 470 g/mol. The maximum atomic E-state index is 13.1. The Hall–Kier alpha value is -3.80. The molecule has 180 valence electrons. The minimum atomic E-state index is 0.0531. The third-order valence-electron chi connectivity index (χ3n) is 6.90. The van der Waals surface area contributed by atoms with Crippen molar-refractivity contribution < 1.29 is 14.3 Å². The van der Waals surface area contributed by atoms with E-state index < -0.39 is 0 Å². The number of aryl methyl sites for hydroxylation is 2. The third-order valence-corrected chi connectivity index (χ3v) is 6.90. The van der Waals surface area contributed by atoms with Crippen molar-refractivity contribution in [3.05, 3.63) is 83.7 Å². The van der Waals surface area contributed by atoms with Gasteiger partial charge in [-0.3, -0.25) is 4.79 Å². The number of hydrogen-bond donors (Lipinski definition) is 0. The fourth-order valence-electron chi connectivity index (χ4n) is 4.87. The van der Waals surface area contributed by atoms with Crippen molar-refractivity contribution in [2.75, 3.05) is 25.2 Å². The summed E-state index contributed by atoms with van der Waals surface area (Å²) >= 11 is 0. The molecule has 1 saturated heterocycles. The molecule has 3 aromatic carbocycles. The van der Waals surface area contributed by atoms with Gasteiger partial charge in [0.15, 0.2) is 0 Å². The first-order valence-corrected chi connectivity index (χ1v) is 12.1. The van der Waals surface area contributed by atoms with Gasteiger partial charge < -0.3 is 18.9 Å². The van der Waals surface area contributed by atoms with Gasteiger partial charge in [0.2, 0.25) is 5.91 Å². The van der Waals surface area contributed by atoms with E-state index in [4.69, 9.17) is 14.5 Å². The first-order valence-electron chi connectivity index (χ1n) is 12.1. The molecule has 0 N–H and O–H groups in total. The number of rotatable bonds is 8. The van der Waals surface area contributed by atoms with E-state index in [1.807, 2.05) is 59.5 Å². The predicted molar refractivity (Wildman–Crippen MR) is 138 cm³/mol. The number of carbonyl (C=O) groups is 1. The second-order valence-electron chi connectivity index (χ2n) is 9.11. The fraction of sp³-hybridized carbons (Fsp3) is 0.310. The van der Waals surface area contributed by atoms with Crippen LogP contribution in [0.5, 0.6) is 11.5 Å². The number of amides is 1. The summed E-state index contributed by atoms with van der Waals surface area (Å²) in [6.07, 6.45) is 1.31. The summed E-state index contributed by atoms with van der Waals surface area (Å²) < 4.78 is 13.4. The van der Waals surface area contributed by atoms with Crippen molar-refractivity contribution in [3.8, 4) is 11.5 Å². The van der Waals surface area contributed by atoms with Crippen LogP contribution in [-0.4, -0.2) is 35.7 Å². The number of nitrogens with zero attached hydrogens (tertiary/aromatic N) is 3. The maximum Gasteiger partial charge on any atom is 0.227 e. The highest BCUT2D eigenvalue weighted by Crippen LogP contribution is 2.35. The molecule has 0 radical (unpaired) electrons. The van der Waals surface area contributed by atoms with Gasteiger partial charge in [0.1, 0.15) is 17.3 Å². The van der Waals surface area contributed by atoms with Crippen LogP contribution in [0.15, 0.2) is 66.7 Å². The Balaban J connectivity index is 1.34. The number of benzene rings is 3. The average Bonchev–Trinajstić information content (AvgIpc) is 3.44. The molecule has 1 unspecified atom stereocenters. The number of fused-ring (bicyclic) bond motifs is 1. The van der Waals surface area contributed by atoms with Crippen LogP contribution in [-0.2, 0) is 11.3 Å². The van der Waals surface area contributed by atoms with Crippen molar-refractivity contribution in [1.82, 2.24) is 9.55 Å². The molecule has 5 rings (SSSR count). The fourth-order valence-corrected chi connectivity index (χ4v) is 4.87. The number of ether oxygens (including phenoxy) is 2. The van der Waals surface area contributed by atoms with Gasteiger partial charge in [-0.25, -0.2) is 4.98 Å². The molecular weight excluding hydrogens is 438 g/mol. The molecule has 0 saturated carbocycles. The summed E-state index contributed by atoms with van der Waals surface area (Å²) in [5.74, 6) is 2.83. The predicted octanol–water partition coefficient (Wildman–Crippen LogP) is 5.65. The molecule has 4 aromatic rings. The summed E-state index contributed by atoms with van der Waals surface area (Å²) in [5.41, 5.74) is 5.43. The molecule has 1 amide bonds. The Morgan fingerprint density at radius 1 is 0.971 bits per heavy atom. The van der Waals surface area contributed by atoms with Gasteiger partial charge in [-0.05, 0) is 73.9 Å². The smallest absolute Gasteiger partial charge is 0.227 e. The summed E-state index contributed by atoms with van der Waals surface area (Å²) in [4.78, 5) is 20.0. The van der Waals surface area contributed by atoms with E-state index in [0.717, 1.165) is 52.6 Å². The minimum Gasteiger partial charge on any atom is -0.497 e.